The summed E-state index contributed by atoms with van der Waals surface area (Å²) >= 11 is 0. The number of esters is 1. The molecule has 1 aliphatic rings. The number of nitrogens with one attached hydrogen (secondary N) is 1. The van der Waals surface area contributed by atoms with E-state index >= 15 is 0 Å². The fourth-order valence-electron chi connectivity index (χ4n) is 3.41. The Balaban J connectivity index is 1.89. The third-order valence-corrected chi connectivity index (χ3v) is 4.78. The molecule has 3 rings (SSSR count). The molecule has 0 radical (unpaired) electrons. The molecule has 0 saturated carbocycles. The smallest absolute Gasteiger partial charge is 0.347 e. The van der Waals surface area contributed by atoms with Gasteiger partial charge in [0, 0.05) is 13.2 Å². The van der Waals surface area contributed by atoms with Gasteiger partial charge in [-0.2, -0.15) is 0 Å². The van der Waals surface area contributed by atoms with Crippen LogP contribution in [0.2, 0.25) is 0 Å². The second kappa shape index (κ2) is 8.28. The maximum absolute atomic E-state index is 13.2. The van der Waals surface area contributed by atoms with Crippen molar-refractivity contribution in [2.24, 2.45) is 0 Å². The second-order valence-electron chi connectivity index (χ2n) is 6.36. The zero-order chi connectivity index (χ0) is 17.5. The first-order valence-corrected chi connectivity index (χ1v) is 8.84. The van der Waals surface area contributed by atoms with Crippen molar-refractivity contribution < 1.29 is 14.3 Å². The Morgan fingerprint density at radius 1 is 1.04 bits per heavy atom. The summed E-state index contributed by atoms with van der Waals surface area (Å²) in [7, 11) is 1.56. The number of hydrogen-bond acceptors (Lipinski definition) is 4. The molecular formula is C21H25NO3. The summed E-state index contributed by atoms with van der Waals surface area (Å²) in [5.74, 6) is -0.375. The van der Waals surface area contributed by atoms with E-state index in [1.165, 1.54) is 12.8 Å². The van der Waals surface area contributed by atoms with E-state index in [1.807, 2.05) is 60.7 Å². The minimum absolute atomic E-state index is 0.221. The van der Waals surface area contributed by atoms with Crippen LogP contribution < -0.4 is 5.32 Å². The van der Waals surface area contributed by atoms with Gasteiger partial charge in [-0.1, -0.05) is 67.1 Å². The topological polar surface area (TPSA) is 47.6 Å². The average Bonchev–Trinajstić information content (AvgIpc) is 2.70. The molecule has 132 valence electrons. The third-order valence-electron chi connectivity index (χ3n) is 4.78. The quantitative estimate of drug-likeness (QED) is 0.821. The lowest BCUT2D eigenvalue weighted by Gasteiger charge is -2.32. The van der Waals surface area contributed by atoms with Crippen LogP contribution in [0.15, 0.2) is 60.7 Å². The second-order valence-corrected chi connectivity index (χ2v) is 6.36. The van der Waals surface area contributed by atoms with Crippen LogP contribution in [0.3, 0.4) is 0 Å². The SMILES string of the molecule is COC(C(=O)OCC1CCCCN1)(c1ccccc1)c1ccccc1. The average molecular weight is 339 g/mol. The molecule has 1 atom stereocenters. The van der Waals surface area contributed by atoms with E-state index in [4.69, 9.17) is 9.47 Å². The Morgan fingerprint density at radius 3 is 2.12 bits per heavy atom. The van der Waals surface area contributed by atoms with Crippen LogP contribution in [0, 0.1) is 0 Å². The highest BCUT2D eigenvalue weighted by molar-refractivity contribution is 5.85. The Hall–Kier alpha value is -2.17. The lowest BCUT2D eigenvalue weighted by molar-refractivity contribution is -0.166. The van der Waals surface area contributed by atoms with E-state index in [2.05, 4.69) is 5.32 Å². The number of ether oxygens (including phenoxy) is 2. The molecule has 1 N–H and O–H groups in total. The normalized spacial score (nSPS) is 17.9. The van der Waals surface area contributed by atoms with E-state index < -0.39 is 5.60 Å². The Bertz CT molecular complexity index is 627. The molecule has 1 aliphatic heterocycles. The van der Waals surface area contributed by atoms with Gasteiger partial charge < -0.3 is 14.8 Å². The van der Waals surface area contributed by atoms with Crippen molar-refractivity contribution in [1.29, 1.82) is 0 Å². The lowest BCUT2D eigenvalue weighted by Crippen LogP contribution is -2.44. The van der Waals surface area contributed by atoms with Crippen LogP contribution in [0.5, 0.6) is 0 Å². The summed E-state index contributed by atoms with van der Waals surface area (Å²) in [6.07, 6.45) is 3.38. The molecule has 0 bridgehead atoms. The third kappa shape index (κ3) is 3.75. The van der Waals surface area contributed by atoms with Gasteiger partial charge in [0.05, 0.1) is 0 Å². The van der Waals surface area contributed by atoms with Gasteiger partial charge in [-0.15, -0.1) is 0 Å². The van der Waals surface area contributed by atoms with Gasteiger partial charge in [-0.25, -0.2) is 4.79 Å². The highest BCUT2D eigenvalue weighted by atomic mass is 16.6. The Kier molecular flexibility index (Phi) is 5.84. The highest BCUT2D eigenvalue weighted by Crippen LogP contribution is 2.34. The summed E-state index contributed by atoms with van der Waals surface area (Å²) in [5.41, 5.74) is 0.285. The number of carbonyl (C=O) groups excluding carboxylic acids is 1. The minimum Gasteiger partial charge on any atom is -0.461 e. The maximum Gasteiger partial charge on any atom is 0.347 e. The molecule has 1 saturated heterocycles. The molecular weight excluding hydrogens is 314 g/mol. The van der Waals surface area contributed by atoms with Gasteiger partial charge in [0.15, 0.2) is 0 Å². The largest absolute Gasteiger partial charge is 0.461 e. The van der Waals surface area contributed by atoms with Crippen molar-refractivity contribution in [2.75, 3.05) is 20.3 Å². The maximum atomic E-state index is 13.2. The van der Waals surface area contributed by atoms with Crippen molar-refractivity contribution >= 4 is 5.97 Å². The van der Waals surface area contributed by atoms with Gasteiger partial charge in [0.25, 0.3) is 0 Å². The molecule has 25 heavy (non-hydrogen) atoms. The first-order chi connectivity index (χ1) is 12.3. The molecule has 1 unspecified atom stereocenters. The number of rotatable bonds is 6. The molecule has 2 aromatic carbocycles. The summed E-state index contributed by atoms with van der Waals surface area (Å²) in [4.78, 5) is 13.2. The standard InChI is InChI=1S/C21H25NO3/c1-24-21(17-10-4-2-5-11-17,18-12-6-3-7-13-18)20(23)25-16-19-14-8-9-15-22-19/h2-7,10-13,19,22H,8-9,14-16H2,1H3. The highest BCUT2D eigenvalue weighted by Gasteiger charge is 2.44. The molecule has 0 aromatic heterocycles. The summed E-state index contributed by atoms with van der Waals surface area (Å²) in [5, 5.41) is 3.41. The molecule has 0 aliphatic carbocycles. The lowest BCUT2D eigenvalue weighted by atomic mass is 9.86. The summed E-state index contributed by atoms with van der Waals surface area (Å²) in [6.45, 7) is 1.35. The molecule has 1 heterocycles. The van der Waals surface area contributed by atoms with Crippen LogP contribution in [-0.2, 0) is 19.9 Å². The molecule has 0 amide bonds. The van der Waals surface area contributed by atoms with E-state index in [1.54, 1.807) is 7.11 Å². The Labute approximate surface area is 149 Å². The van der Waals surface area contributed by atoms with Crippen molar-refractivity contribution in [2.45, 2.75) is 30.9 Å². The number of benzene rings is 2. The number of hydrogen-bond donors (Lipinski definition) is 1. The molecule has 4 heteroatoms. The summed E-state index contributed by atoms with van der Waals surface area (Å²) < 4.78 is 11.5. The Morgan fingerprint density at radius 2 is 1.64 bits per heavy atom. The van der Waals surface area contributed by atoms with E-state index in [9.17, 15) is 4.79 Å². The van der Waals surface area contributed by atoms with Gasteiger partial charge >= 0.3 is 5.97 Å². The van der Waals surface area contributed by atoms with Crippen LogP contribution in [-0.4, -0.2) is 32.3 Å². The van der Waals surface area contributed by atoms with Crippen LogP contribution in [0.4, 0.5) is 0 Å². The fraction of sp³-hybridized carbons (Fsp3) is 0.381. The molecule has 2 aromatic rings. The fourth-order valence-corrected chi connectivity index (χ4v) is 3.41. The van der Waals surface area contributed by atoms with Gasteiger partial charge in [-0.3, -0.25) is 0 Å². The van der Waals surface area contributed by atoms with Crippen molar-refractivity contribution in [3.05, 3.63) is 71.8 Å². The monoisotopic (exact) mass is 339 g/mol. The predicted octanol–water partition coefficient (Wildman–Crippen LogP) is 3.26. The van der Waals surface area contributed by atoms with Crippen molar-refractivity contribution in [3.63, 3.8) is 0 Å². The molecule has 0 spiro atoms. The zero-order valence-corrected chi connectivity index (χ0v) is 14.6. The van der Waals surface area contributed by atoms with E-state index in [0.29, 0.717) is 6.61 Å². The van der Waals surface area contributed by atoms with E-state index in [0.717, 1.165) is 24.1 Å². The van der Waals surface area contributed by atoms with Crippen molar-refractivity contribution in [1.82, 2.24) is 5.32 Å². The summed E-state index contributed by atoms with van der Waals surface area (Å²) in [6, 6.07) is 19.3. The number of carbonyl (C=O) groups is 1. The molecule has 4 nitrogen and oxygen atoms in total. The molecule has 1 fully saturated rings. The number of piperidine rings is 1. The zero-order valence-electron chi connectivity index (χ0n) is 14.6. The first kappa shape index (κ1) is 17.6. The predicted molar refractivity (Wildman–Crippen MR) is 97.3 cm³/mol. The van der Waals surface area contributed by atoms with Crippen LogP contribution in [0.25, 0.3) is 0 Å². The van der Waals surface area contributed by atoms with Gasteiger partial charge in [-0.05, 0) is 30.5 Å². The van der Waals surface area contributed by atoms with Gasteiger partial charge in [0.1, 0.15) is 6.61 Å². The van der Waals surface area contributed by atoms with Crippen LogP contribution >= 0.6 is 0 Å². The number of methoxy groups -OCH3 is 1. The minimum atomic E-state index is -1.25. The van der Waals surface area contributed by atoms with Gasteiger partial charge in [0.2, 0.25) is 5.60 Å². The van der Waals surface area contributed by atoms with E-state index in [-0.39, 0.29) is 12.0 Å². The first-order valence-electron chi connectivity index (χ1n) is 8.84. The van der Waals surface area contributed by atoms with Crippen LogP contribution in [0.1, 0.15) is 30.4 Å². The van der Waals surface area contributed by atoms with Crippen molar-refractivity contribution in [3.8, 4) is 0 Å².